The van der Waals surface area contributed by atoms with Crippen LogP contribution >= 0.6 is 68.3 Å². The smallest absolute Gasteiger partial charge is 0.410 e. The molecule has 13 rings (SSSR count). The van der Waals surface area contributed by atoms with E-state index in [9.17, 15) is 19.2 Å². The molecule has 0 unspecified atom stereocenters. The number of benzene rings is 1. The van der Waals surface area contributed by atoms with Crippen LogP contribution in [0.15, 0.2) is 72.4 Å². The summed E-state index contributed by atoms with van der Waals surface area (Å²) in [5, 5.41) is 4.41. The zero-order valence-corrected chi connectivity index (χ0v) is 70.3. The van der Waals surface area contributed by atoms with Crippen molar-refractivity contribution >= 4 is 109 Å². The fourth-order valence-electron chi connectivity index (χ4n) is 14.1. The Morgan fingerprint density at radius 3 is 1.50 bits per heavy atom. The zero-order valence-electron chi connectivity index (χ0n) is 65.5. The number of amides is 3. The standard InChI is InChI=1S/C30H38N2OS.C16H25NO2S.C16H23NO2S.C12H16ClNO2S.C11H17NS/c1-21(2)17-25-19-24-20-32(16-13-30(24)34-25)15-12-22-8-10-23(11-9-22)18-29(33)27-5-3-7-28-26(27)6-4-14-31-28;2*1-11(2)8-13-9-12-10-17(7-6-14(12)20-13)15(18)19-16(3,4)5;1-12(2,3)16-11(15)14-5-4-9-8(7-14)6-10(13)17-9;1-8(2)5-10-6-9-7-12-4-3-11(9)13-10/h3-7,14,19,21-23H,8-13,15-18,20H2,1-2H3;9,11H,6-8,10H2,1-5H3;8-9H,6-7,10H2,1-5H3;6H,4-5,7H2,1-3H3;6,8,12H,3-5,7H2,1-2H3. The maximum atomic E-state index is 13.1. The van der Waals surface area contributed by atoms with Gasteiger partial charge in [-0.05, 0) is 259 Å². The molecule has 3 amide bonds. The molecule has 6 aliphatic rings. The molecule has 0 radical (unpaired) electrons. The second-order valence-electron chi connectivity index (χ2n) is 33.7. The normalized spacial score (nSPS) is 17.3. The van der Waals surface area contributed by atoms with Crippen LogP contribution in [0.5, 0.6) is 0 Å². The summed E-state index contributed by atoms with van der Waals surface area (Å²) in [5.41, 5.74) is 8.64. The lowest BCUT2D eigenvalue weighted by Crippen LogP contribution is -2.39. The maximum Gasteiger partial charge on any atom is 0.410 e. The number of aromatic nitrogens is 1. The van der Waals surface area contributed by atoms with Crippen molar-refractivity contribution in [1.82, 2.24) is 29.9 Å². The molecule has 1 N–H and O–H groups in total. The summed E-state index contributed by atoms with van der Waals surface area (Å²) < 4.78 is 17.0. The third-order valence-corrected chi connectivity index (χ3v) is 25.2. The maximum absolute atomic E-state index is 13.1. The van der Waals surface area contributed by atoms with E-state index in [1.165, 1.54) is 112 Å². The molecule has 0 bridgehead atoms. The minimum atomic E-state index is -0.441. The molecule has 1 saturated carbocycles. The van der Waals surface area contributed by atoms with Crippen LogP contribution in [0.1, 0.15) is 238 Å². The van der Waals surface area contributed by atoms with Gasteiger partial charge in [-0.15, -0.1) is 56.7 Å². The van der Waals surface area contributed by atoms with E-state index >= 15 is 0 Å². The average molecular weight is 1530 g/mol. The van der Waals surface area contributed by atoms with E-state index in [4.69, 9.17) is 25.8 Å². The molecule has 5 aliphatic heterocycles. The first-order chi connectivity index (χ1) is 49.1. The lowest BCUT2D eigenvalue weighted by Gasteiger charge is -2.32. The largest absolute Gasteiger partial charge is 0.444 e. The number of ether oxygens (including phenoxy) is 3. The number of nitrogens with zero attached hydrogens (tertiary/aromatic N) is 5. The van der Waals surface area contributed by atoms with E-state index in [1.807, 2.05) is 138 Å². The topological polar surface area (TPSA) is 134 Å². The van der Waals surface area contributed by atoms with E-state index in [0.29, 0.717) is 50.2 Å². The van der Waals surface area contributed by atoms with Gasteiger partial charge in [0.1, 0.15) is 16.8 Å². The zero-order chi connectivity index (χ0) is 75.2. The number of halogens is 1. The van der Waals surface area contributed by atoms with Crippen LogP contribution < -0.4 is 5.32 Å². The summed E-state index contributed by atoms with van der Waals surface area (Å²) in [7, 11) is 0. The first kappa shape index (κ1) is 82.6. The summed E-state index contributed by atoms with van der Waals surface area (Å²) in [6.07, 6.45) is 19.1. The van der Waals surface area contributed by atoms with Crippen molar-refractivity contribution < 1.29 is 33.4 Å². The summed E-state index contributed by atoms with van der Waals surface area (Å²) in [5.74, 6) is 3.86. The van der Waals surface area contributed by atoms with E-state index < -0.39 is 16.8 Å². The Labute approximate surface area is 647 Å². The first-order valence-corrected chi connectivity index (χ1v) is 42.7. The molecule has 7 aromatic rings. The Balaban J connectivity index is 0.000000157. The fraction of sp³-hybridized carbons (Fsp3) is 0.588. The van der Waals surface area contributed by atoms with Gasteiger partial charge in [0.2, 0.25) is 0 Å². The molecule has 6 aromatic heterocycles. The second-order valence-corrected chi connectivity index (χ2v) is 40.3. The molecule has 104 heavy (non-hydrogen) atoms. The molecule has 0 spiro atoms. The van der Waals surface area contributed by atoms with Crippen molar-refractivity contribution in [1.29, 1.82) is 0 Å². The highest BCUT2D eigenvalue weighted by atomic mass is 35.5. The van der Waals surface area contributed by atoms with Crippen molar-refractivity contribution in [2.45, 2.75) is 257 Å². The minimum Gasteiger partial charge on any atom is -0.444 e. The number of nitrogens with one attached hydrogen (secondary N) is 1. The minimum absolute atomic E-state index is 0.195. The van der Waals surface area contributed by atoms with Gasteiger partial charge in [-0.2, -0.15) is 0 Å². The van der Waals surface area contributed by atoms with Crippen LogP contribution in [0.2, 0.25) is 4.34 Å². The number of carbonyl (C=O) groups is 4. The summed E-state index contributed by atoms with van der Waals surface area (Å²) in [6.45, 7) is 45.0. The Morgan fingerprint density at radius 2 is 1.00 bits per heavy atom. The van der Waals surface area contributed by atoms with Crippen LogP contribution in [0.25, 0.3) is 17.0 Å². The Morgan fingerprint density at radius 1 is 0.548 bits per heavy atom. The number of carbonyl (C=O) groups excluding carboxylic acids is 4. The third kappa shape index (κ3) is 25.9. The number of pyridine rings is 1. The number of Topliss-reactive ketones (excluding diaryl/α,β-unsaturated/α-hetero) is 1. The first-order valence-electron chi connectivity index (χ1n) is 38.2. The molecule has 13 nitrogen and oxygen atoms in total. The van der Waals surface area contributed by atoms with Crippen LogP contribution in [-0.2, 0) is 98.3 Å². The van der Waals surface area contributed by atoms with Crippen LogP contribution in [0.3, 0.4) is 0 Å². The Bertz CT molecular complexity index is 3980. The molecule has 1 fully saturated rings. The lowest BCUT2D eigenvalue weighted by molar-refractivity contribution is 0.0215. The quantitative estimate of drug-likeness (QED) is 0.0878. The molecule has 568 valence electrons. The van der Waals surface area contributed by atoms with Gasteiger partial charge in [0.05, 0.1) is 29.5 Å². The molecule has 0 atom stereocenters. The van der Waals surface area contributed by atoms with Gasteiger partial charge in [-0.25, -0.2) is 14.4 Å². The predicted molar refractivity (Wildman–Crippen MR) is 438 cm³/mol. The van der Waals surface area contributed by atoms with Crippen molar-refractivity contribution in [3.8, 4) is 0 Å². The van der Waals surface area contributed by atoms with E-state index in [-0.39, 0.29) is 18.3 Å². The average Bonchev–Trinajstić information content (AvgIpc) is 1.75. The summed E-state index contributed by atoms with van der Waals surface area (Å²) in [6, 6.07) is 21.2. The van der Waals surface area contributed by atoms with Gasteiger partial charge in [-0.1, -0.05) is 89.8 Å². The Hall–Kier alpha value is -5.44. The van der Waals surface area contributed by atoms with Gasteiger partial charge in [-0.3, -0.25) is 14.7 Å². The van der Waals surface area contributed by atoms with Crippen LogP contribution in [0.4, 0.5) is 14.4 Å². The lowest BCUT2D eigenvalue weighted by atomic mass is 9.78. The highest BCUT2D eigenvalue weighted by Gasteiger charge is 2.32. The van der Waals surface area contributed by atoms with Crippen molar-refractivity contribution in [2.24, 2.45) is 29.6 Å². The van der Waals surface area contributed by atoms with E-state index in [2.05, 4.69) is 112 Å². The predicted octanol–water partition coefficient (Wildman–Crippen LogP) is 22.3. The van der Waals surface area contributed by atoms with Crippen molar-refractivity contribution in [3.63, 3.8) is 0 Å². The van der Waals surface area contributed by atoms with Crippen molar-refractivity contribution in [3.05, 3.63) is 154 Å². The van der Waals surface area contributed by atoms with Gasteiger partial charge in [0.15, 0.2) is 5.78 Å². The highest BCUT2D eigenvalue weighted by molar-refractivity contribution is 7.16. The van der Waals surface area contributed by atoms with E-state index in [1.54, 1.807) is 58.0 Å². The summed E-state index contributed by atoms with van der Waals surface area (Å²) in [4.78, 5) is 74.9. The van der Waals surface area contributed by atoms with Crippen LogP contribution in [0, 0.1) is 29.6 Å². The molecule has 1 aliphatic carbocycles. The third-order valence-electron chi connectivity index (χ3n) is 18.9. The van der Waals surface area contributed by atoms with Crippen molar-refractivity contribution in [2.75, 3.05) is 39.3 Å². The number of allylic oxidation sites excluding steroid dienone is 1. The number of ketones is 1. The molecule has 1 aromatic carbocycles. The highest BCUT2D eigenvalue weighted by Crippen LogP contribution is 2.38. The monoisotopic (exact) mass is 1530 g/mol. The second kappa shape index (κ2) is 37.6. The SMILES string of the molecule is CC(C)(C)OC(=O)N1CCc2sc(Cl)cc2C1.CC(C)=Cc1cc2c(s1)CCN(C(=O)OC(C)(C)C)C2.CC(C)Cc1cc2c(s1)CCN(C(=O)OC(C)(C)C)C2.CC(C)Cc1cc2c(s1)CCN(CCC1CCC(CC(=O)c3cccc4ncccc34)CC1)C2.CC(C)Cc1cc2c(s1)CCNC2. The molecule has 0 saturated heterocycles. The number of hydrogen-bond donors (Lipinski definition) is 1. The Kier molecular flexibility index (Phi) is 29.9. The van der Waals surface area contributed by atoms with E-state index in [0.717, 1.165) is 103 Å². The van der Waals surface area contributed by atoms with Gasteiger partial charge in [0, 0.05) is 113 Å². The molecule has 11 heterocycles. The van der Waals surface area contributed by atoms with Crippen LogP contribution in [-0.4, -0.2) is 105 Å². The number of hydrogen-bond acceptors (Lipinski definition) is 15. The van der Waals surface area contributed by atoms with Gasteiger partial charge in [0.25, 0.3) is 0 Å². The summed E-state index contributed by atoms with van der Waals surface area (Å²) >= 11 is 15.4. The molecular formula is C85H119ClN6O7S5. The number of fused-ring (bicyclic) bond motifs is 6. The van der Waals surface area contributed by atoms with Gasteiger partial charge < -0.3 is 34.2 Å². The molecule has 19 heteroatoms. The fourth-order valence-corrected chi connectivity index (χ4v) is 20.8. The van der Waals surface area contributed by atoms with Gasteiger partial charge >= 0.3 is 18.3 Å². The molecular weight excluding hydrogens is 1410 g/mol. The number of thiophene rings is 5. The number of rotatable bonds is 13.